The van der Waals surface area contributed by atoms with Crippen molar-refractivity contribution in [1.29, 1.82) is 0 Å². The zero-order valence-corrected chi connectivity index (χ0v) is 17.4. The lowest BCUT2D eigenvalue weighted by Crippen LogP contribution is -2.31. The van der Waals surface area contributed by atoms with Crippen molar-refractivity contribution in [2.45, 2.75) is 32.4 Å². The highest BCUT2D eigenvalue weighted by molar-refractivity contribution is 6.46. The maximum Gasteiger partial charge on any atom is 0.295 e. The minimum absolute atomic E-state index is 0.0248. The average molecular weight is 410 g/mol. The minimum Gasteiger partial charge on any atom is -0.507 e. The number of methoxy groups -OCH3 is 1. The van der Waals surface area contributed by atoms with Crippen molar-refractivity contribution in [2.24, 2.45) is 0 Å². The third-order valence-corrected chi connectivity index (χ3v) is 4.85. The largest absolute Gasteiger partial charge is 0.507 e. The number of Topliss-reactive ketones (excluding diaryl/α,β-unsaturated/α-hetero) is 1. The summed E-state index contributed by atoms with van der Waals surface area (Å²) in [5.74, 6) is -1.09. The SMILES string of the molecule is COc1cccc(C(O)=C2C(=O)C(=O)N(CCCOC(C)C)C2c2ccccn2)c1. The third-order valence-electron chi connectivity index (χ3n) is 4.85. The Hall–Kier alpha value is -3.19. The molecular weight excluding hydrogens is 384 g/mol. The number of carbonyl (C=O) groups excluding carboxylic acids is 2. The molecule has 158 valence electrons. The van der Waals surface area contributed by atoms with Gasteiger partial charge in [-0.25, -0.2) is 0 Å². The Balaban J connectivity index is 2.01. The zero-order valence-electron chi connectivity index (χ0n) is 17.4. The van der Waals surface area contributed by atoms with Gasteiger partial charge in [-0.1, -0.05) is 18.2 Å². The summed E-state index contributed by atoms with van der Waals surface area (Å²) in [5.41, 5.74) is 0.944. The molecule has 2 aromatic rings. The molecule has 0 aliphatic carbocycles. The third kappa shape index (κ3) is 4.52. The van der Waals surface area contributed by atoms with E-state index >= 15 is 0 Å². The highest BCUT2D eigenvalue weighted by Crippen LogP contribution is 2.38. The molecule has 1 amide bonds. The summed E-state index contributed by atoms with van der Waals surface area (Å²) >= 11 is 0. The highest BCUT2D eigenvalue weighted by Gasteiger charge is 2.46. The molecule has 1 aliphatic rings. The van der Waals surface area contributed by atoms with Crippen LogP contribution in [0.25, 0.3) is 5.76 Å². The van der Waals surface area contributed by atoms with Gasteiger partial charge in [-0.15, -0.1) is 0 Å². The van der Waals surface area contributed by atoms with E-state index in [0.717, 1.165) is 0 Å². The molecule has 1 fully saturated rings. The normalized spacial score (nSPS) is 18.3. The molecule has 1 N–H and O–H groups in total. The smallest absolute Gasteiger partial charge is 0.295 e. The number of ketones is 1. The monoisotopic (exact) mass is 410 g/mol. The molecule has 1 unspecified atom stereocenters. The number of hydrogen-bond donors (Lipinski definition) is 1. The Morgan fingerprint density at radius 2 is 2.00 bits per heavy atom. The summed E-state index contributed by atoms with van der Waals surface area (Å²) in [6.07, 6.45) is 2.25. The van der Waals surface area contributed by atoms with Crippen molar-refractivity contribution in [3.63, 3.8) is 0 Å². The summed E-state index contributed by atoms with van der Waals surface area (Å²) in [6.45, 7) is 4.65. The van der Waals surface area contributed by atoms with Gasteiger partial charge >= 0.3 is 0 Å². The van der Waals surface area contributed by atoms with E-state index in [1.807, 2.05) is 13.8 Å². The number of rotatable bonds is 8. The summed E-state index contributed by atoms with van der Waals surface area (Å²) in [5, 5.41) is 11.0. The molecule has 7 heteroatoms. The van der Waals surface area contributed by atoms with Crippen LogP contribution in [-0.2, 0) is 14.3 Å². The fourth-order valence-corrected chi connectivity index (χ4v) is 3.44. The maximum atomic E-state index is 12.9. The number of aromatic nitrogens is 1. The summed E-state index contributed by atoms with van der Waals surface area (Å²) in [6, 6.07) is 11.3. The number of benzene rings is 1. The molecule has 1 aromatic carbocycles. The molecule has 0 radical (unpaired) electrons. The van der Waals surface area contributed by atoms with Gasteiger partial charge in [0.2, 0.25) is 0 Å². The predicted octanol–water partition coefficient (Wildman–Crippen LogP) is 3.33. The molecule has 3 rings (SSSR count). The van der Waals surface area contributed by atoms with Crippen molar-refractivity contribution in [1.82, 2.24) is 9.88 Å². The summed E-state index contributed by atoms with van der Waals surface area (Å²) in [4.78, 5) is 31.5. The van der Waals surface area contributed by atoms with Gasteiger partial charge in [0.05, 0.1) is 24.5 Å². The number of aliphatic hydroxyl groups is 1. The van der Waals surface area contributed by atoms with E-state index in [-0.39, 0.29) is 17.4 Å². The number of hydrogen-bond acceptors (Lipinski definition) is 6. The molecule has 0 bridgehead atoms. The highest BCUT2D eigenvalue weighted by atomic mass is 16.5. The molecule has 1 saturated heterocycles. The van der Waals surface area contributed by atoms with Gasteiger partial charge < -0.3 is 19.5 Å². The molecule has 0 saturated carbocycles. The Morgan fingerprint density at radius 3 is 2.67 bits per heavy atom. The lowest BCUT2D eigenvalue weighted by atomic mass is 9.98. The van der Waals surface area contributed by atoms with Crippen molar-refractivity contribution >= 4 is 17.4 Å². The van der Waals surface area contributed by atoms with Gasteiger partial charge in [0.15, 0.2) is 0 Å². The first-order valence-electron chi connectivity index (χ1n) is 9.89. The van der Waals surface area contributed by atoms with Crippen molar-refractivity contribution in [3.8, 4) is 5.75 Å². The van der Waals surface area contributed by atoms with Gasteiger partial charge in [-0.05, 0) is 44.5 Å². The van der Waals surface area contributed by atoms with E-state index < -0.39 is 17.7 Å². The van der Waals surface area contributed by atoms with Gasteiger partial charge in [-0.2, -0.15) is 0 Å². The van der Waals surface area contributed by atoms with Gasteiger partial charge in [-0.3, -0.25) is 14.6 Å². The van der Waals surface area contributed by atoms with Crippen LogP contribution in [0, 0.1) is 0 Å². The first-order chi connectivity index (χ1) is 14.4. The quantitative estimate of drug-likeness (QED) is 0.311. The fraction of sp³-hybridized carbons (Fsp3) is 0.348. The topological polar surface area (TPSA) is 89.0 Å². The second-order valence-corrected chi connectivity index (χ2v) is 7.25. The van der Waals surface area contributed by atoms with Gasteiger partial charge in [0, 0.05) is 24.9 Å². The summed E-state index contributed by atoms with van der Waals surface area (Å²) in [7, 11) is 1.52. The number of aliphatic hydroxyl groups excluding tert-OH is 1. The Bertz CT molecular complexity index is 940. The molecule has 1 atom stereocenters. The van der Waals surface area contributed by atoms with Crippen LogP contribution in [0.1, 0.15) is 37.6 Å². The van der Waals surface area contributed by atoms with Gasteiger partial charge in [0.25, 0.3) is 11.7 Å². The molecule has 0 spiro atoms. The van der Waals surface area contributed by atoms with Crippen LogP contribution in [0.4, 0.5) is 0 Å². The van der Waals surface area contributed by atoms with Crippen LogP contribution in [0.5, 0.6) is 5.75 Å². The van der Waals surface area contributed by atoms with Crippen molar-refractivity contribution in [2.75, 3.05) is 20.3 Å². The maximum absolute atomic E-state index is 12.9. The second-order valence-electron chi connectivity index (χ2n) is 7.25. The van der Waals surface area contributed by atoms with E-state index in [2.05, 4.69) is 4.98 Å². The van der Waals surface area contributed by atoms with E-state index in [1.54, 1.807) is 48.7 Å². The second kappa shape index (κ2) is 9.54. The van der Waals surface area contributed by atoms with Crippen LogP contribution in [-0.4, -0.2) is 53.0 Å². The Morgan fingerprint density at radius 1 is 1.20 bits per heavy atom. The predicted molar refractivity (Wildman–Crippen MR) is 112 cm³/mol. The van der Waals surface area contributed by atoms with E-state index in [1.165, 1.54) is 12.0 Å². The van der Waals surface area contributed by atoms with Crippen LogP contribution < -0.4 is 4.74 Å². The standard InChI is InChI=1S/C23H26N2O5/c1-15(2)30-13-7-12-25-20(18-10-4-5-11-24-18)19(22(27)23(25)28)21(26)16-8-6-9-17(14-16)29-3/h4-6,8-11,14-15,20,26H,7,12-13H2,1-3H3. The Kier molecular flexibility index (Phi) is 6.84. The number of amides is 1. The molecule has 1 aromatic heterocycles. The van der Waals surface area contributed by atoms with Crippen LogP contribution in [0.3, 0.4) is 0 Å². The first kappa shape index (κ1) is 21.5. The molecule has 1 aliphatic heterocycles. The molecule has 7 nitrogen and oxygen atoms in total. The minimum atomic E-state index is -0.767. The van der Waals surface area contributed by atoms with Crippen LogP contribution in [0.2, 0.25) is 0 Å². The van der Waals surface area contributed by atoms with Gasteiger partial charge in [0.1, 0.15) is 17.6 Å². The van der Waals surface area contributed by atoms with Crippen molar-refractivity contribution < 1.29 is 24.2 Å². The number of ether oxygens (including phenoxy) is 2. The van der Waals surface area contributed by atoms with E-state index in [4.69, 9.17) is 9.47 Å². The number of carbonyl (C=O) groups is 2. The Labute approximate surface area is 175 Å². The van der Waals surface area contributed by atoms with E-state index in [9.17, 15) is 14.7 Å². The molecule has 2 heterocycles. The summed E-state index contributed by atoms with van der Waals surface area (Å²) < 4.78 is 10.8. The first-order valence-corrected chi connectivity index (χ1v) is 9.89. The van der Waals surface area contributed by atoms with Crippen LogP contribution >= 0.6 is 0 Å². The number of pyridine rings is 1. The number of likely N-dealkylation sites (tertiary alicyclic amines) is 1. The average Bonchev–Trinajstić information content (AvgIpc) is 3.01. The molecular formula is C23H26N2O5. The van der Waals surface area contributed by atoms with Crippen LogP contribution in [0.15, 0.2) is 54.2 Å². The lowest BCUT2D eigenvalue weighted by Gasteiger charge is -2.24. The fourth-order valence-electron chi connectivity index (χ4n) is 3.44. The zero-order chi connectivity index (χ0) is 21.7. The van der Waals surface area contributed by atoms with Crippen molar-refractivity contribution in [3.05, 3.63) is 65.5 Å². The van der Waals surface area contributed by atoms with E-state index in [0.29, 0.717) is 36.6 Å². The number of nitrogens with zero attached hydrogens (tertiary/aromatic N) is 2. The lowest BCUT2D eigenvalue weighted by molar-refractivity contribution is -0.140. The molecule has 30 heavy (non-hydrogen) atoms.